The fourth-order valence-electron chi connectivity index (χ4n) is 1.99. The number of anilines is 2. The van der Waals surface area contributed by atoms with Crippen LogP contribution in [0.25, 0.3) is 0 Å². The standard InChI is InChI=1S/C16H25N3O2/c1-5-15(20)18-12-7-6-11(4)14(8-12)19-16(21)13(9-17)10(2)3/h6-8,10,13H,5,9,17H2,1-4H3,(H,18,20)(H,19,21). The molecule has 1 unspecified atom stereocenters. The van der Waals surface area contributed by atoms with E-state index in [-0.39, 0.29) is 23.7 Å². The normalized spacial score (nSPS) is 12.1. The highest BCUT2D eigenvalue weighted by molar-refractivity contribution is 5.95. The van der Waals surface area contributed by atoms with E-state index < -0.39 is 0 Å². The molecule has 0 fully saturated rings. The highest BCUT2D eigenvalue weighted by Gasteiger charge is 2.21. The molecule has 4 N–H and O–H groups in total. The summed E-state index contributed by atoms with van der Waals surface area (Å²) in [4.78, 5) is 23.7. The van der Waals surface area contributed by atoms with Crippen molar-refractivity contribution in [2.24, 2.45) is 17.6 Å². The zero-order valence-corrected chi connectivity index (χ0v) is 13.2. The van der Waals surface area contributed by atoms with Gasteiger partial charge in [-0.05, 0) is 30.5 Å². The largest absolute Gasteiger partial charge is 0.330 e. The van der Waals surface area contributed by atoms with Crippen molar-refractivity contribution in [2.75, 3.05) is 17.2 Å². The van der Waals surface area contributed by atoms with Crippen LogP contribution in [0.4, 0.5) is 11.4 Å². The van der Waals surface area contributed by atoms with E-state index in [4.69, 9.17) is 5.73 Å². The molecule has 5 nitrogen and oxygen atoms in total. The van der Waals surface area contributed by atoms with Crippen LogP contribution in [0.1, 0.15) is 32.8 Å². The molecule has 0 saturated heterocycles. The molecule has 2 amide bonds. The minimum absolute atomic E-state index is 0.0573. The number of carbonyl (C=O) groups is 2. The van der Waals surface area contributed by atoms with Gasteiger partial charge in [0.15, 0.2) is 0 Å². The number of hydrogen-bond donors (Lipinski definition) is 3. The van der Waals surface area contributed by atoms with Crippen molar-refractivity contribution < 1.29 is 9.59 Å². The fourth-order valence-corrected chi connectivity index (χ4v) is 1.99. The van der Waals surface area contributed by atoms with Gasteiger partial charge in [0.2, 0.25) is 11.8 Å². The average molecular weight is 291 g/mol. The predicted octanol–water partition coefficient (Wildman–Crippen LogP) is 2.51. The molecule has 1 rings (SSSR count). The average Bonchev–Trinajstić information content (AvgIpc) is 2.42. The minimum Gasteiger partial charge on any atom is -0.330 e. The third-order valence-electron chi connectivity index (χ3n) is 3.50. The molecule has 0 aliphatic rings. The Hall–Kier alpha value is -1.88. The van der Waals surface area contributed by atoms with Gasteiger partial charge in [-0.2, -0.15) is 0 Å². The summed E-state index contributed by atoms with van der Waals surface area (Å²) in [6, 6.07) is 5.46. The second kappa shape index (κ2) is 7.78. The van der Waals surface area contributed by atoms with Gasteiger partial charge in [0, 0.05) is 24.3 Å². The lowest BCUT2D eigenvalue weighted by Crippen LogP contribution is -2.33. The molecule has 5 heteroatoms. The second-order valence-corrected chi connectivity index (χ2v) is 5.51. The molecular formula is C16H25N3O2. The van der Waals surface area contributed by atoms with Gasteiger partial charge in [0.1, 0.15) is 0 Å². The van der Waals surface area contributed by atoms with Crippen LogP contribution in [0.15, 0.2) is 18.2 Å². The van der Waals surface area contributed by atoms with Crippen LogP contribution in [0.3, 0.4) is 0 Å². The van der Waals surface area contributed by atoms with Crippen LogP contribution in [0.2, 0.25) is 0 Å². The van der Waals surface area contributed by atoms with Crippen LogP contribution in [0, 0.1) is 18.8 Å². The lowest BCUT2D eigenvalue weighted by Gasteiger charge is -2.19. The van der Waals surface area contributed by atoms with Gasteiger partial charge in [-0.1, -0.05) is 26.8 Å². The maximum Gasteiger partial charge on any atom is 0.229 e. The van der Waals surface area contributed by atoms with Crippen molar-refractivity contribution >= 4 is 23.2 Å². The quantitative estimate of drug-likeness (QED) is 0.753. The number of nitrogens with one attached hydrogen (secondary N) is 2. The number of amides is 2. The van der Waals surface area contributed by atoms with Gasteiger partial charge in [0.25, 0.3) is 0 Å². The molecule has 1 aromatic rings. The Morgan fingerprint density at radius 2 is 1.90 bits per heavy atom. The van der Waals surface area contributed by atoms with E-state index in [0.29, 0.717) is 24.3 Å². The zero-order valence-electron chi connectivity index (χ0n) is 13.2. The van der Waals surface area contributed by atoms with E-state index in [2.05, 4.69) is 10.6 Å². The van der Waals surface area contributed by atoms with Crippen LogP contribution >= 0.6 is 0 Å². The number of nitrogens with two attached hydrogens (primary N) is 1. The molecule has 0 radical (unpaired) electrons. The summed E-state index contributed by atoms with van der Waals surface area (Å²) in [5.74, 6) is -0.190. The molecule has 21 heavy (non-hydrogen) atoms. The highest BCUT2D eigenvalue weighted by Crippen LogP contribution is 2.22. The number of aryl methyl sites for hydroxylation is 1. The monoisotopic (exact) mass is 291 g/mol. The Kier molecular flexibility index (Phi) is 6.37. The van der Waals surface area contributed by atoms with E-state index >= 15 is 0 Å². The lowest BCUT2D eigenvalue weighted by atomic mass is 9.95. The highest BCUT2D eigenvalue weighted by atomic mass is 16.2. The number of benzene rings is 1. The van der Waals surface area contributed by atoms with Gasteiger partial charge in [-0.3, -0.25) is 9.59 Å². The van der Waals surface area contributed by atoms with Crippen molar-refractivity contribution in [3.63, 3.8) is 0 Å². The number of carbonyl (C=O) groups excluding carboxylic acids is 2. The Morgan fingerprint density at radius 3 is 2.43 bits per heavy atom. The molecule has 1 aromatic carbocycles. The summed E-state index contributed by atoms with van der Waals surface area (Å²) in [7, 11) is 0. The summed E-state index contributed by atoms with van der Waals surface area (Å²) in [6.07, 6.45) is 0.415. The first-order chi connectivity index (χ1) is 9.88. The summed E-state index contributed by atoms with van der Waals surface area (Å²) >= 11 is 0. The molecule has 1 atom stereocenters. The Labute approximate surface area is 126 Å². The summed E-state index contributed by atoms with van der Waals surface area (Å²) in [6.45, 7) is 7.97. The van der Waals surface area contributed by atoms with E-state index in [9.17, 15) is 9.59 Å². The van der Waals surface area contributed by atoms with E-state index in [1.807, 2.05) is 32.9 Å². The van der Waals surface area contributed by atoms with Gasteiger partial charge in [-0.15, -0.1) is 0 Å². The van der Waals surface area contributed by atoms with Crippen LogP contribution in [-0.4, -0.2) is 18.4 Å². The summed E-state index contributed by atoms with van der Waals surface area (Å²) in [5, 5.41) is 5.69. The molecule has 0 aromatic heterocycles. The van der Waals surface area contributed by atoms with Crippen molar-refractivity contribution in [2.45, 2.75) is 34.1 Å². The molecule has 0 spiro atoms. The zero-order chi connectivity index (χ0) is 16.0. The maximum atomic E-state index is 12.2. The third kappa shape index (κ3) is 4.86. The van der Waals surface area contributed by atoms with Crippen LogP contribution in [-0.2, 0) is 9.59 Å². The Bertz CT molecular complexity index is 512. The van der Waals surface area contributed by atoms with Crippen molar-refractivity contribution in [3.05, 3.63) is 23.8 Å². The molecule has 0 saturated carbocycles. The van der Waals surface area contributed by atoms with Gasteiger partial charge >= 0.3 is 0 Å². The van der Waals surface area contributed by atoms with Crippen LogP contribution in [0.5, 0.6) is 0 Å². The second-order valence-electron chi connectivity index (χ2n) is 5.51. The van der Waals surface area contributed by atoms with Gasteiger partial charge < -0.3 is 16.4 Å². The van der Waals surface area contributed by atoms with Gasteiger partial charge in [0.05, 0.1) is 5.92 Å². The molecule has 0 bridgehead atoms. The molecule has 0 aliphatic carbocycles. The minimum atomic E-state index is -0.224. The van der Waals surface area contributed by atoms with Crippen molar-refractivity contribution in [1.82, 2.24) is 0 Å². The first-order valence-electron chi connectivity index (χ1n) is 7.30. The topological polar surface area (TPSA) is 84.2 Å². The summed E-state index contributed by atoms with van der Waals surface area (Å²) in [5.41, 5.74) is 7.98. The molecule has 0 heterocycles. The van der Waals surface area contributed by atoms with E-state index in [0.717, 1.165) is 5.56 Å². The Balaban J connectivity index is 2.89. The predicted molar refractivity (Wildman–Crippen MR) is 86.1 cm³/mol. The smallest absolute Gasteiger partial charge is 0.229 e. The first-order valence-corrected chi connectivity index (χ1v) is 7.30. The molecule has 116 valence electrons. The van der Waals surface area contributed by atoms with Crippen molar-refractivity contribution in [3.8, 4) is 0 Å². The summed E-state index contributed by atoms with van der Waals surface area (Å²) < 4.78 is 0. The van der Waals surface area contributed by atoms with Gasteiger partial charge in [-0.25, -0.2) is 0 Å². The van der Waals surface area contributed by atoms with E-state index in [1.54, 1.807) is 13.0 Å². The number of hydrogen-bond acceptors (Lipinski definition) is 3. The fraction of sp³-hybridized carbons (Fsp3) is 0.500. The lowest BCUT2D eigenvalue weighted by molar-refractivity contribution is -0.120. The third-order valence-corrected chi connectivity index (χ3v) is 3.50. The van der Waals surface area contributed by atoms with E-state index in [1.165, 1.54) is 0 Å². The van der Waals surface area contributed by atoms with Crippen molar-refractivity contribution in [1.29, 1.82) is 0 Å². The first kappa shape index (κ1) is 17.2. The maximum absolute atomic E-state index is 12.2. The SMILES string of the molecule is CCC(=O)Nc1ccc(C)c(NC(=O)C(CN)C(C)C)c1. The number of rotatable bonds is 6. The molecule has 0 aliphatic heterocycles. The Morgan fingerprint density at radius 1 is 1.24 bits per heavy atom. The van der Waals surface area contributed by atoms with Crippen LogP contribution < -0.4 is 16.4 Å². The molecular weight excluding hydrogens is 266 g/mol.